The number of rotatable bonds is 3. The molecule has 4 heteroatoms. The molecule has 2 heterocycles. The quantitative estimate of drug-likeness (QED) is 0.841. The minimum atomic E-state index is -0.246. The molecule has 0 saturated carbocycles. The van der Waals surface area contributed by atoms with Gasteiger partial charge >= 0.3 is 5.97 Å². The summed E-state index contributed by atoms with van der Waals surface area (Å²) in [5.74, 6) is -0.246. The second-order valence-corrected chi connectivity index (χ2v) is 5.14. The van der Waals surface area contributed by atoms with Crippen molar-refractivity contribution in [2.75, 3.05) is 19.8 Å². The highest BCUT2D eigenvalue weighted by Crippen LogP contribution is 2.17. The molecule has 0 amide bonds. The van der Waals surface area contributed by atoms with Gasteiger partial charge in [0.1, 0.15) is 6.61 Å². The van der Waals surface area contributed by atoms with E-state index in [9.17, 15) is 4.79 Å². The van der Waals surface area contributed by atoms with Crippen LogP contribution in [0.4, 0.5) is 0 Å². The first-order valence-corrected chi connectivity index (χ1v) is 6.94. The van der Waals surface area contributed by atoms with E-state index in [0.717, 1.165) is 39.0 Å². The van der Waals surface area contributed by atoms with Crippen LogP contribution in [0.1, 0.15) is 34.3 Å². The van der Waals surface area contributed by atoms with Crippen LogP contribution in [-0.4, -0.2) is 31.8 Å². The molecule has 0 spiro atoms. The number of carbonyl (C=O) groups is 1. The fourth-order valence-corrected chi connectivity index (χ4v) is 2.64. The number of esters is 1. The number of nitrogens with one attached hydrogen (secondary N) is 1. The van der Waals surface area contributed by atoms with Crippen molar-refractivity contribution in [3.05, 3.63) is 34.9 Å². The van der Waals surface area contributed by atoms with Crippen molar-refractivity contribution in [1.29, 1.82) is 0 Å². The molecule has 19 heavy (non-hydrogen) atoms. The maximum Gasteiger partial charge on any atom is 0.338 e. The molecule has 2 aliphatic heterocycles. The minimum Gasteiger partial charge on any atom is -0.459 e. The summed E-state index contributed by atoms with van der Waals surface area (Å²) in [7, 11) is 0. The van der Waals surface area contributed by atoms with Crippen LogP contribution >= 0.6 is 0 Å². The van der Waals surface area contributed by atoms with Crippen molar-refractivity contribution in [3.63, 3.8) is 0 Å². The predicted octanol–water partition coefficient (Wildman–Crippen LogP) is 1.67. The van der Waals surface area contributed by atoms with Crippen molar-refractivity contribution in [3.8, 4) is 0 Å². The molecule has 1 saturated heterocycles. The van der Waals surface area contributed by atoms with E-state index in [0.29, 0.717) is 12.2 Å². The lowest BCUT2D eigenvalue weighted by Gasteiger charge is -2.17. The standard InChI is InChI=1S/C15H19NO3/c17-15(19-10-14-2-1-7-18-14)12-4-3-11-5-6-16-9-13(11)8-12/h3-4,8,14,16H,1-2,5-7,9-10H2. The predicted molar refractivity (Wildman–Crippen MR) is 71.1 cm³/mol. The lowest BCUT2D eigenvalue weighted by Crippen LogP contribution is -2.24. The van der Waals surface area contributed by atoms with E-state index < -0.39 is 0 Å². The van der Waals surface area contributed by atoms with Crippen LogP contribution in [0.5, 0.6) is 0 Å². The van der Waals surface area contributed by atoms with Crippen molar-refractivity contribution >= 4 is 5.97 Å². The van der Waals surface area contributed by atoms with Crippen LogP contribution in [0.15, 0.2) is 18.2 Å². The Labute approximate surface area is 113 Å². The molecule has 0 aromatic heterocycles. The maximum absolute atomic E-state index is 12.0. The van der Waals surface area contributed by atoms with Gasteiger partial charge in [0.25, 0.3) is 0 Å². The van der Waals surface area contributed by atoms with Crippen LogP contribution in [-0.2, 0) is 22.4 Å². The number of carbonyl (C=O) groups excluding carboxylic acids is 1. The van der Waals surface area contributed by atoms with Crippen LogP contribution in [0.2, 0.25) is 0 Å². The summed E-state index contributed by atoms with van der Waals surface area (Å²) in [6.07, 6.45) is 3.16. The molecule has 2 aliphatic rings. The molecule has 1 atom stereocenters. The molecular weight excluding hydrogens is 242 g/mol. The molecule has 0 bridgehead atoms. The number of benzene rings is 1. The van der Waals surface area contributed by atoms with E-state index in [1.54, 1.807) is 0 Å². The summed E-state index contributed by atoms with van der Waals surface area (Å²) in [6.45, 7) is 3.00. The van der Waals surface area contributed by atoms with Gasteiger partial charge in [0.15, 0.2) is 0 Å². The van der Waals surface area contributed by atoms with Gasteiger partial charge in [-0.15, -0.1) is 0 Å². The summed E-state index contributed by atoms with van der Waals surface area (Å²) in [6, 6.07) is 5.85. The zero-order valence-corrected chi connectivity index (χ0v) is 11.0. The second kappa shape index (κ2) is 5.72. The molecular formula is C15H19NO3. The fourth-order valence-electron chi connectivity index (χ4n) is 2.64. The lowest BCUT2D eigenvalue weighted by atomic mass is 9.99. The first-order chi connectivity index (χ1) is 9.33. The van der Waals surface area contributed by atoms with Gasteiger partial charge in [0.2, 0.25) is 0 Å². The van der Waals surface area contributed by atoms with Crippen molar-refractivity contribution < 1.29 is 14.3 Å². The van der Waals surface area contributed by atoms with Gasteiger partial charge in [-0.05, 0) is 49.1 Å². The molecule has 1 N–H and O–H groups in total. The summed E-state index contributed by atoms with van der Waals surface area (Å²) < 4.78 is 10.8. The Bertz CT molecular complexity index is 466. The smallest absolute Gasteiger partial charge is 0.338 e. The van der Waals surface area contributed by atoms with E-state index in [2.05, 4.69) is 5.32 Å². The van der Waals surface area contributed by atoms with Gasteiger partial charge in [0.05, 0.1) is 11.7 Å². The Hall–Kier alpha value is -1.39. The summed E-state index contributed by atoms with van der Waals surface area (Å²) in [5, 5.41) is 3.31. The van der Waals surface area contributed by atoms with Gasteiger partial charge in [-0.1, -0.05) is 6.07 Å². The Morgan fingerprint density at radius 1 is 1.42 bits per heavy atom. The average molecular weight is 261 g/mol. The Morgan fingerprint density at radius 2 is 2.37 bits per heavy atom. The van der Waals surface area contributed by atoms with E-state index in [1.165, 1.54) is 11.1 Å². The largest absolute Gasteiger partial charge is 0.459 e. The van der Waals surface area contributed by atoms with Crippen molar-refractivity contribution in [2.45, 2.75) is 31.9 Å². The first kappa shape index (κ1) is 12.6. The molecule has 1 aromatic carbocycles. The maximum atomic E-state index is 12.0. The topological polar surface area (TPSA) is 47.6 Å². The molecule has 102 valence electrons. The van der Waals surface area contributed by atoms with Crippen LogP contribution < -0.4 is 5.32 Å². The van der Waals surface area contributed by atoms with E-state index >= 15 is 0 Å². The molecule has 1 fully saturated rings. The van der Waals surface area contributed by atoms with E-state index in [4.69, 9.17) is 9.47 Å². The highest BCUT2D eigenvalue weighted by Gasteiger charge is 2.19. The monoisotopic (exact) mass is 261 g/mol. The third kappa shape index (κ3) is 2.96. The average Bonchev–Trinajstić information content (AvgIpc) is 2.97. The number of fused-ring (bicyclic) bond motifs is 1. The summed E-state index contributed by atoms with van der Waals surface area (Å²) >= 11 is 0. The van der Waals surface area contributed by atoms with Gasteiger partial charge in [-0.3, -0.25) is 0 Å². The Morgan fingerprint density at radius 3 is 3.21 bits per heavy atom. The van der Waals surface area contributed by atoms with E-state index in [-0.39, 0.29) is 12.1 Å². The van der Waals surface area contributed by atoms with Gasteiger partial charge in [-0.2, -0.15) is 0 Å². The molecule has 0 aliphatic carbocycles. The number of hydrogen-bond donors (Lipinski definition) is 1. The van der Waals surface area contributed by atoms with Crippen LogP contribution in [0, 0.1) is 0 Å². The number of hydrogen-bond acceptors (Lipinski definition) is 4. The van der Waals surface area contributed by atoms with E-state index in [1.807, 2.05) is 18.2 Å². The fraction of sp³-hybridized carbons (Fsp3) is 0.533. The highest BCUT2D eigenvalue weighted by atomic mass is 16.6. The second-order valence-electron chi connectivity index (χ2n) is 5.14. The summed E-state index contributed by atoms with van der Waals surface area (Å²) in [4.78, 5) is 12.0. The van der Waals surface area contributed by atoms with Gasteiger partial charge in [0, 0.05) is 13.2 Å². The molecule has 3 rings (SSSR count). The highest BCUT2D eigenvalue weighted by molar-refractivity contribution is 5.89. The Kier molecular flexibility index (Phi) is 3.80. The third-order valence-corrected chi connectivity index (χ3v) is 3.75. The van der Waals surface area contributed by atoms with Crippen LogP contribution in [0.3, 0.4) is 0 Å². The first-order valence-electron chi connectivity index (χ1n) is 6.94. The lowest BCUT2D eigenvalue weighted by molar-refractivity contribution is 0.0161. The van der Waals surface area contributed by atoms with Crippen molar-refractivity contribution in [1.82, 2.24) is 5.32 Å². The Balaban J connectivity index is 1.62. The SMILES string of the molecule is O=C(OCC1CCCO1)c1ccc2c(c1)CNCC2. The van der Waals surface area contributed by atoms with Gasteiger partial charge < -0.3 is 14.8 Å². The molecule has 0 radical (unpaired) electrons. The van der Waals surface area contributed by atoms with Gasteiger partial charge in [-0.25, -0.2) is 4.79 Å². The zero-order valence-electron chi connectivity index (χ0n) is 11.0. The third-order valence-electron chi connectivity index (χ3n) is 3.75. The molecule has 1 aromatic rings. The van der Waals surface area contributed by atoms with Crippen molar-refractivity contribution in [2.24, 2.45) is 0 Å². The zero-order chi connectivity index (χ0) is 13.1. The normalized spacial score (nSPS) is 22.0. The van der Waals surface area contributed by atoms with Crippen LogP contribution in [0.25, 0.3) is 0 Å². The molecule has 1 unspecified atom stereocenters. The number of ether oxygens (including phenoxy) is 2. The minimum absolute atomic E-state index is 0.0863. The summed E-state index contributed by atoms with van der Waals surface area (Å²) in [5.41, 5.74) is 3.17. The molecule has 4 nitrogen and oxygen atoms in total.